The van der Waals surface area contributed by atoms with Crippen molar-refractivity contribution in [2.45, 2.75) is 61.7 Å². The SMILES string of the molecule is O=c1ccc(N2CCCCC2CNS(=O)(=O)c2cnc[nH]2)nn1C1CCCC1O. The van der Waals surface area contributed by atoms with Crippen LogP contribution in [-0.2, 0) is 10.0 Å². The van der Waals surface area contributed by atoms with Gasteiger partial charge < -0.3 is 15.0 Å². The number of aliphatic hydroxyl groups is 1. The molecule has 0 amide bonds. The predicted molar refractivity (Wildman–Crippen MR) is 106 cm³/mol. The fourth-order valence-electron chi connectivity index (χ4n) is 4.20. The Kier molecular flexibility index (Phi) is 5.70. The first-order valence-electron chi connectivity index (χ1n) is 9.98. The molecule has 0 spiro atoms. The van der Waals surface area contributed by atoms with Crippen LogP contribution < -0.4 is 15.2 Å². The molecule has 2 aromatic heterocycles. The highest BCUT2D eigenvalue weighted by Gasteiger charge is 2.30. The number of nitrogens with zero attached hydrogens (tertiary/aromatic N) is 4. The Labute approximate surface area is 169 Å². The molecule has 2 aliphatic rings. The molecule has 29 heavy (non-hydrogen) atoms. The number of sulfonamides is 1. The van der Waals surface area contributed by atoms with Crippen LogP contribution in [0.1, 0.15) is 44.6 Å². The summed E-state index contributed by atoms with van der Waals surface area (Å²) < 4.78 is 28.8. The molecular weight excluding hydrogens is 396 g/mol. The highest BCUT2D eigenvalue weighted by molar-refractivity contribution is 7.89. The van der Waals surface area contributed by atoms with E-state index in [1.807, 2.05) is 0 Å². The lowest BCUT2D eigenvalue weighted by Gasteiger charge is -2.37. The van der Waals surface area contributed by atoms with E-state index >= 15 is 0 Å². The Morgan fingerprint density at radius 1 is 1.21 bits per heavy atom. The van der Waals surface area contributed by atoms with Crippen molar-refractivity contribution in [2.24, 2.45) is 0 Å². The van der Waals surface area contributed by atoms with Gasteiger partial charge in [-0.2, -0.15) is 5.10 Å². The molecule has 3 heterocycles. The number of hydrogen-bond donors (Lipinski definition) is 3. The summed E-state index contributed by atoms with van der Waals surface area (Å²) in [5.74, 6) is 0.633. The van der Waals surface area contributed by atoms with E-state index in [1.165, 1.54) is 23.3 Å². The number of nitrogens with one attached hydrogen (secondary N) is 2. The summed E-state index contributed by atoms with van der Waals surface area (Å²) in [7, 11) is -3.66. The number of piperidine rings is 1. The zero-order valence-corrected chi connectivity index (χ0v) is 16.9. The second-order valence-corrected chi connectivity index (χ2v) is 9.39. The Balaban J connectivity index is 1.54. The monoisotopic (exact) mass is 422 g/mol. The van der Waals surface area contributed by atoms with E-state index in [4.69, 9.17) is 0 Å². The third kappa shape index (κ3) is 4.21. The third-order valence-corrected chi connectivity index (χ3v) is 7.11. The van der Waals surface area contributed by atoms with Gasteiger partial charge in [0, 0.05) is 25.2 Å². The van der Waals surface area contributed by atoms with Crippen molar-refractivity contribution in [1.82, 2.24) is 24.5 Å². The van der Waals surface area contributed by atoms with Crippen LogP contribution in [0.5, 0.6) is 0 Å². The predicted octanol–water partition coefficient (Wildman–Crippen LogP) is 0.390. The lowest BCUT2D eigenvalue weighted by molar-refractivity contribution is 0.127. The van der Waals surface area contributed by atoms with Gasteiger partial charge in [0.15, 0.2) is 5.03 Å². The molecule has 3 atom stereocenters. The summed E-state index contributed by atoms with van der Waals surface area (Å²) >= 11 is 0. The van der Waals surface area contributed by atoms with Crippen LogP contribution in [0.4, 0.5) is 5.82 Å². The molecule has 0 radical (unpaired) electrons. The largest absolute Gasteiger partial charge is 0.391 e. The van der Waals surface area contributed by atoms with Crippen molar-refractivity contribution < 1.29 is 13.5 Å². The van der Waals surface area contributed by atoms with Crippen LogP contribution >= 0.6 is 0 Å². The summed E-state index contributed by atoms with van der Waals surface area (Å²) in [5.41, 5.74) is -0.229. The Hall–Kier alpha value is -2.24. The molecule has 10 nitrogen and oxygen atoms in total. The van der Waals surface area contributed by atoms with Crippen LogP contribution in [0.3, 0.4) is 0 Å². The van der Waals surface area contributed by atoms with Crippen molar-refractivity contribution in [2.75, 3.05) is 18.0 Å². The minimum Gasteiger partial charge on any atom is -0.391 e. The molecule has 4 rings (SSSR count). The fourth-order valence-corrected chi connectivity index (χ4v) is 5.18. The second-order valence-electron chi connectivity index (χ2n) is 7.65. The smallest absolute Gasteiger partial charge is 0.267 e. The van der Waals surface area contributed by atoms with E-state index in [9.17, 15) is 18.3 Å². The molecule has 2 fully saturated rings. The van der Waals surface area contributed by atoms with Gasteiger partial charge in [-0.1, -0.05) is 0 Å². The molecule has 3 N–H and O–H groups in total. The van der Waals surface area contributed by atoms with Gasteiger partial charge in [-0.25, -0.2) is 22.8 Å². The van der Waals surface area contributed by atoms with Gasteiger partial charge in [-0.3, -0.25) is 4.79 Å². The summed E-state index contributed by atoms with van der Waals surface area (Å²) in [6.07, 6.45) is 7.08. The zero-order valence-electron chi connectivity index (χ0n) is 16.1. The van der Waals surface area contributed by atoms with Crippen molar-refractivity contribution >= 4 is 15.8 Å². The molecule has 2 aromatic rings. The number of rotatable bonds is 6. The molecule has 1 saturated heterocycles. The van der Waals surface area contributed by atoms with Crippen molar-refractivity contribution in [1.29, 1.82) is 0 Å². The van der Waals surface area contributed by atoms with Gasteiger partial charge in [0.1, 0.15) is 5.82 Å². The van der Waals surface area contributed by atoms with E-state index < -0.39 is 16.1 Å². The second kappa shape index (κ2) is 8.25. The van der Waals surface area contributed by atoms with E-state index in [1.54, 1.807) is 6.07 Å². The Bertz CT molecular complexity index is 990. The van der Waals surface area contributed by atoms with Crippen molar-refractivity contribution in [3.05, 3.63) is 35.0 Å². The Morgan fingerprint density at radius 2 is 2.07 bits per heavy atom. The van der Waals surface area contributed by atoms with Gasteiger partial charge in [-0.05, 0) is 44.6 Å². The topological polar surface area (TPSA) is 133 Å². The van der Waals surface area contributed by atoms with Gasteiger partial charge in [0.25, 0.3) is 15.6 Å². The van der Waals surface area contributed by atoms with Gasteiger partial charge in [0.2, 0.25) is 0 Å². The van der Waals surface area contributed by atoms with Crippen LogP contribution in [-0.4, -0.2) is 58.5 Å². The average Bonchev–Trinajstić information content (AvgIpc) is 3.40. The average molecular weight is 423 g/mol. The molecule has 158 valence electrons. The summed E-state index contributed by atoms with van der Waals surface area (Å²) in [6.45, 7) is 0.961. The van der Waals surface area contributed by atoms with Crippen LogP contribution in [0.25, 0.3) is 0 Å². The first-order valence-corrected chi connectivity index (χ1v) is 11.5. The zero-order chi connectivity index (χ0) is 20.4. The number of H-pyrrole nitrogens is 1. The first-order chi connectivity index (χ1) is 14.0. The highest BCUT2D eigenvalue weighted by atomic mass is 32.2. The number of imidazole rings is 1. The van der Waals surface area contributed by atoms with Gasteiger partial charge >= 0.3 is 0 Å². The molecule has 1 aliphatic heterocycles. The number of aromatic nitrogens is 4. The lowest BCUT2D eigenvalue weighted by Crippen LogP contribution is -2.48. The minimum absolute atomic E-state index is 0.0294. The van der Waals surface area contributed by atoms with E-state index in [2.05, 4.69) is 24.7 Å². The first kappa shape index (κ1) is 20.0. The van der Waals surface area contributed by atoms with Gasteiger partial charge in [-0.15, -0.1) is 0 Å². The van der Waals surface area contributed by atoms with Crippen molar-refractivity contribution in [3.63, 3.8) is 0 Å². The minimum atomic E-state index is -3.66. The summed E-state index contributed by atoms with van der Waals surface area (Å²) in [6, 6.07) is 2.79. The number of aromatic amines is 1. The third-order valence-electron chi connectivity index (χ3n) is 5.76. The number of anilines is 1. The van der Waals surface area contributed by atoms with Crippen LogP contribution in [0.2, 0.25) is 0 Å². The molecule has 1 aliphatic carbocycles. The molecule has 3 unspecified atom stereocenters. The van der Waals surface area contributed by atoms with E-state index in [0.29, 0.717) is 12.2 Å². The highest BCUT2D eigenvalue weighted by Crippen LogP contribution is 2.29. The molecule has 11 heteroatoms. The summed E-state index contributed by atoms with van der Waals surface area (Å²) in [4.78, 5) is 20.7. The maximum Gasteiger partial charge on any atom is 0.267 e. The van der Waals surface area contributed by atoms with E-state index in [-0.39, 0.29) is 29.2 Å². The Morgan fingerprint density at radius 3 is 2.79 bits per heavy atom. The number of hydrogen-bond acceptors (Lipinski definition) is 7. The maximum atomic E-state index is 12.4. The van der Waals surface area contributed by atoms with Crippen LogP contribution in [0, 0.1) is 0 Å². The number of aliphatic hydroxyl groups excluding tert-OH is 1. The standard InChI is InChI=1S/C18H26N6O4S/c25-15-6-3-5-14(15)24-18(26)8-7-16(22-24)23-9-2-1-4-13(23)10-21-29(27,28)17-11-19-12-20-17/h7-8,11-15,21,25H,1-6,9-10H2,(H,19,20). The summed E-state index contributed by atoms with van der Waals surface area (Å²) in [5, 5.41) is 14.8. The normalized spacial score (nSPS) is 25.4. The van der Waals surface area contributed by atoms with E-state index in [0.717, 1.165) is 38.6 Å². The van der Waals surface area contributed by atoms with Crippen molar-refractivity contribution in [3.8, 4) is 0 Å². The molecule has 0 aromatic carbocycles. The maximum absolute atomic E-state index is 12.4. The van der Waals surface area contributed by atoms with Crippen LogP contribution in [0.15, 0.2) is 34.5 Å². The molecular formula is C18H26N6O4S. The molecule has 0 bridgehead atoms. The quantitative estimate of drug-likeness (QED) is 0.613. The lowest BCUT2D eigenvalue weighted by atomic mass is 10.0. The molecule has 1 saturated carbocycles. The van der Waals surface area contributed by atoms with Gasteiger partial charge in [0.05, 0.1) is 24.7 Å². The fraction of sp³-hybridized carbons (Fsp3) is 0.611.